The number of methoxy groups -OCH3 is 1. The van der Waals surface area contributed by atoms with Crippen molar-refractivity contribution in [1.29, 1.82) is 0 Å². The Morgan fingerprint density at radius 1 is 1.26 bits per heavy atom. The van der Waals surface area contributed by atoms with E-state index in [1.165, 1.54) is 11.6 Å². The van der Waals surface area contributed by atoms with Crippen molar-refractivity contribution in [2.24, 2.45) is 0 Å². The number of ether oxygens (including phenoxy) is 1. The van der Waals surface area contributed by atoms with Gasteiger partial charge in [0, 0.05) is 35.8 Å². The van der Waals surface area contributed by atoms with Crippen molar-refractivity contribution in [1.82, 2.24) is 20.4 Å². The van der Waals surface area contributed by atoms with Crippen molar-refractivity contribution in [3.63, 3.8) is 0 Å². The fourth-order valence-corrected chi connectivity index (χ4v) is 4.02. The van der Waals surface area contributed by atoms with Gasteiger partial charge in [-0.1, -0.05) is 30.3 Å². The zero-order valence-corrected chi connectivity index (χ0v) is 17.8. The van der Waals surface area contributed by atoms with Crippen molar-refractivity contribution >= 4 is 5.91 Å². The SMILES string of the molecule is COc1ccc(F)c([C@@H]2NC(=O)CC[C@H]2NCc2cnn(Cc3ccccc3)c2C)c1. The van der Waals surface area contributed by atoms with E-state index in [0.29, 0.717) is 37.2 Å². The Balaban J connectivity index is 1.49. The summed E-state index contributed by atoms with van der Waals surface area (Å²) >= 11 is 0. The third kappa shape index (κ3) is 4.77. The van der Waals surface area contributed by atoms with Gasteiger partial charge in [-0.15, -0.1) is 0 Å². The van der Waals surface area contributed by atoms with Gasteiger partial charge in [0.15, 0.2) is 0 Å². The molecule has 7 heteroatoms. The first-order valence-corrected chi connectivity index (χ1v) is 10.5. The Morgan fingerprint density at radius 3 is 2.84 bits per heavy atom. The summed E-state index contributed by atoms with van der Waals surface area (Å²) in [5.41, 5.74) is 3.79. The number of amides is 1. The Hall–Kier alpha value is -3.19. The van der Waals surface area contributed by atoms with Crippen LogP contribution in [0.15, 0.2) is 54.7 Å². The molecule has 3 aromatic rings. The average Bonchev–Trinajstić information content (AvgIpc) is 3.13. The summed E-state index contributed by atoms with van der Waals surface area (Å²) in [4.78, 5) is 12.1. The number of hydrogen-bond acceptors (Lipinski definition) is 4. The number of halogens is 1. The molecule has 0 spiro atoms. The van der Waals surface area contributed by atoms with Crippen LogP contribution in [-0.2, 0) is 17.9 Å². The molecular weight excluding hydrogens is 395 g/mol. The molecule has 1 aliphatic rings. The van der Waals surface area contributed by atoms with Crippen molar-refractivity contribution in [3.05, 3.63) is 82.9 Å². The van der Waals surface area contributed by atoms with Gasteiger partial charge in [-0.3, -0.25) is 9.48 Å². The Morgan fingerprint density at radius 2 is 2.06 bits per heavy atom. The molecule has 0 radical (unpaired) electrons. The maximum Gasteiger partial charge on any atom is 0.220 e. The van der Waals surface area contributed by atoms with E-state index in [-0.39, 0.29) is 17.8 Å². The molecule has 2 heterocycles. The number of rotatable bonds is 7. The quantitative estimate of drug-likeness (QED) is 0.612. The third-order valence-corrected chi connectivity index (χ3v) is 5.87. The first-order chi connectivity index (χ1) is 15.0. The summed E-state index contributed by atoms with van der Waals surface area (Å²) < 4.78 is 21.8. The van der Waals surface area contributed by atoms with Gasteiger partial charge < -0.3 is 15.4 Å². The van der Waals surface area contributed by atoms with E-state index in [1.807, 2.05) is 29.1 Å². The molecule has 31 heavy (non-hydrogen) atoms. The lowest BCUT2D eigenvalue weighted by Crippen LogP contribution is -2.48. The molecule has 1 amide bonds. The minimum atomic E-state index is -0.462. The highest BCUT2D eigenvalue weighted by molar-refractivity contribution is 5.77. The standard InChI is InChI=1S/C24H27FN4O2/c1-16-18(14-27-29(16)15-17-6-4-3-5-7-17)13-26-22-10-11-23(30)28-24(22)20-12-19(31-2)8-9-21(20)25/h3-9,12,14,22,24,26H,10-11,13,15H2,1-2H3,(H,28,30)/t22-,24+/m1/s1. The number of nitrogens with zero attached hydrogens (tertiary/aromatic N) is 2. The molecule has 0 bridgehead atoms. The molecule has 1 fully saturated rings. The topological polar surface area (TPSA) is 68.2 Å². The van der Waals surface area contributed by atoms with Gasteiger partial charge in [0.25, 0.3) is 0 Å². The van der Waals surface area contributed by atoms with E-state index in [4.69, 9.17) is 4.74 Å². The Bertz CT molecular complexity index is 1050. The maximum absolute atomic E-state index is 14.6. The van der Waals surface area contributed by atoms with E-state index in [1.54, 1.807) is 19.2 Å². The van der Waals surface area contributed by atoms with Crippen LogP contribution in [-0.4, -0.2) is 28.8 Å². The van der Waals surface area contributed by atoms with Crippen LogP contribution in [0.1, 0.15) is 41.3 Å². The van der Waals surface area contributed by atoms with Crippen molar-refractivity contribution in [3.8, 4) is 5.75 Å². The average molecular weight is 423 g/mol. The fraction of sp³-hybridized carbons (Fsp3) is 0.333. The second kappa shape index (κ2) is 9.31. The summed E-state index contributed by atoms with van der Waals surface area (Å²) in [6, 6.07) is 14.3. The van der Waals surface area contributed by atoms with Crippen LogP contribution in [0.3, 0.4) is 0 Å². The largest absolute Gasteiger partial charge is 0.497 e. The van der Waals surface area contributed by atoms with E-state index in [2.05, 4.69) is 34.8 Å². The molecule has 1 saturated heterocycles. The number of benzene rings is 2. The van der Waals surface area contributed by atoms with Gasteiger partial charge in [-0.2, -0.15) is 5.10 Å². The van der Waals surface area contributed by atoms with Crippen molar-refractivity contribution < 1.29 is 13.9 Å². The zero-order valence-electron chi connectivity index (χ0n) is 17.8. The summed E-state index contributed by atoms with van der Waals surface area (Å²) in [6.07, 6.45) is 2.91. The minimum absolute atomic E-state index is 0.0721. The number of aromatic nitrogens is 2. The lowest BCUT2D eigenvalue weighted by Gasteiger charge is -2.33. The van der Waals surface area contributed by atoms with Crippen LogP contribution in [0.2, 0.25) is 0 Å². The molecule has 4 rings (SSSR count). The molecule has 1 aliphatic heterocycles. The monoisotopic (exact) mass is 422 g/mol. The van der Waals surface area contributed by atoms with Gasteiger partial charge in [-0.25, -0.2) is 4.39 Å². The lowest BCUT2D eigenvalue weighted by atomic mass is 9.91. The normalized spacial score (nSPS) is 18.6. The van der Waals surface area contributed by atoms with Crippen molar-refractivity contribution in [2.45, 2.75) is 44.9 Å². The first kappa shape index (κ1) is 21.1. The number of nitrogens with one attached hydrogen (secondary N) is 2. The van der Waals surface area contributed by atoms with E-state index >= 15 is 0 Å². The van der Waals surface area contributed by atoms with Gasteiger partial charge in [0.2, 0.25) is 5.91 Å². The highest BCUT2D eigenvalue weighted by atomic mass is 19.1. The number of hydrogen-bond donors (Lipinski definition) is 2. The second-order valence-corrected chi connectivity index (χ2v) is 7.86. The van der Waals surface area contributed by atoms with Gasteiger partial charge >= 0.3 is 0 Å². The number of carbonyl (C=O) groups is 1. The summed E-state index contributed by atoms with van der Waals surface area (Å²) in [7, 11) is 1.54. The van der Waals surface area contributed by atoms with Crippen LogP contribution in [0.25, 0.3) is 0 Å². The smallest absolute Gasteiger partial charge is 0.220 e. The second-order valence-electron chi connectivity index (χ2n) is 7.86. The predicted octanol–water partition coefficient (Wildman–Crippen LogP) is 3.50. The summed E-state index contributed by atoms with van der Waals surface area (Å²) in [6.45, 7) is 3.35. The van der Waals surface area contributed by atoms with Gasteiger partial charge in [-0.05, 0) is 37.1 Å². The predicted molar refractivity (Wildman–Crippen MR) is 116 cm³/mol. The van der Waals surface area contributed by atoms with Crippen LogP contribution in [0, 0.1) is 12.7 Å². The summed E-state index contributed by atoms with van der Waals surface area (Å²) in [5, 5.41) is 11.0. The highest BCUT2D eigenvalue weighted by Gasteiger charge is 2.32. The molecule has 2 aromatic carbocycles. The van der Waals surface area contributed by atoms with Crippen LogP contribution < -0.4 is 15.4 Å². The minimum Gasteiger partial charge on any atom is -0.497 e. The number of piperidine rings is 1. The summed E-state index contributed by atoms with van der Waals surface area (Å²) in [5.74, 6) is 0.136. The lowest BCUT2D eigenvalue weighted by molar-refractivity contribution is -0.123. The fourth-order valence-electron chi connectivity index (χ4n) is 4.02. The first-order valence-electron chi connectivity index (χ1n) is 10.5. The molecule has 0 unspecified atom stereocenters. The van der Waals surface area contributed by atoms with E-state index in [9.17, 15) is 9.18 Å². The molecule has 0 aliphatic carbocycles. The molecule has 2 N–H and O–H groups in total. The molecule has 2 atom stereocenters. The highest BCUT2D eigenvalue weighted by Crippen LogP contribution is 2.29. The third-order valence-electron chi connectivity index (χ3n) is 5.87. The zero-order chi connectivity index (χ0) is 21.8. The molecule has 1 aromatic heterocycles. The van der Waals surface area contributed by atoms with Gasteiger partial charge in [0.05, 0.1) is 25.9 Å². The van der Waals surface area contributed by atoms with E-state index < -0.39 is 6.04 Å². The molecular formula is C24H27FN4O2. The van der Waals surface area contributed by atoms with Gasteiger partial charge in [0.1, 0.15) is 11.6 Å². The Kier molecular flexibility index (Phi) is 6.32. The molecule has 162 valence electrons. The van der Waals surface area contributed by atoms with Crippen molar-refractivity contribution in [2.75, 3.05) is 7.11 Å². The van der Waals surface area contributed by atoms with Crippen LogP contribution >= 0.6 is 0 Å². The Labute approximate surface area is 181 Å². The molecule has 6 nitrogen and oxygen atoms in total. The van der Waals surface area contributed by atoms with E-state index in [0.717, 1.165) is 11.3 Å². The molecule has 0 saturated carbocycles. The van der Waals surface area contributed by atoms with Crippen LogP contribution in [0.4, 0.5) is 4.39 Å². The van der Waals surface area contributed by atoms with Crippen LogP contribution in [0.5, 0.6) is 5.75 Å². The maximum atomic E-state index is 14.6. The number of carbonyl (C=O) groups excluding carboxylic acids is 1.